The molecule has 0 aromatic heterocycles. The highest BCUT2D eigenvalue weighted by Gasteiger charge is 2.32. The molecule has 1 fully saturated rings. The Hall–Kier alpha value is -2.04. The number of carbonyl (C=O) groups excluding carboxylic acids is 2. The molecule has 1 aromatic rings. The van der Waals surface area contributed by atoms with E-state index in [1.807, 2.05) is 29.2 Å². The van der Waals surface area contributed by atoms with E-state index in [0.717, 1.165) is 37.1 Å². The first-order valence-electron chi connectivity index (χ1n) is 7.72. The molecule has 0 saturated carbocycles. The van der Waals surface area contributed by atoms with Crippen LogP contribution in [0.15, 0.2) is 24.3 Å². The molecule has 0 spiro atoms. The maximum atomic E-state index is 12.5. The number of nitrogens with one attached hydrogen (secondary N) is 1. The highest BCUT2D eigenvalue weighted by molar-refractivity contribution is 5.86. The molecule has 2 amide bonds. The minimum atomic E-state index is -0.476. The van der Waals surface area contributed by atoms with Crippen molar-refractivity contribution < 1.29 is 14.3 Å². The van der Waals surface area contributed by atoms with Gasteiger partial charge in [-0.1, -0.05) is 18.2 Å². The van der Waals surface area contributed by atoms with Crippen LogP contribution in [0.25, 0.3) is 0 Å². The van der Waals surface area contributed by atoms with Crippen LogP contribution in [0.2, 0.25) is 0 Å². The Morgan fingerprint density at radius 1 is 1.41 bits per heavy atom. The number of benzene rings is 1. The summed E-state index contributed by atoms with van der Waals surface area (Å²) in [5.41, 5.74) is 1.11. The zero-order valence-electron chi connectivity index (χ0n) is 13.5. The van der Waals surface area contributed by atoms with Gasteiger partial charge in [0, 0.05) is 19.5 Å². The minimum absolute atomic E-state index is 0.00685. The van der Waals surface area contributed by atoms with Crippen molar-refractivity contribution in [2.75, 3.05) is 13.7 Å². The van der Waals surface area contributed by atoms with Crippen LogP contribution in [0.3, 0.4) is 0 Å². The molecule has 0 bridgehead atoms. The molecule has 1 N–H and O–H groups in total. The van der Waals surface area contributed by atoms with E-state index in [9.17, 15) is 9.59 Å². The van der Waals surface area contributed by atoms with Crippen LogP contribution >= 0.6 is 0 Å². The molecule has 5 nitrogen and oxygen atoms in total. The monoisotopic (exact) mass is 304 g/mol. The second kappa shape index (κ2) is 7.29. The molecular weight excluding hydrogens is 280 g/mol. The number of nitrogens with zero attached hydrogens (tertiary/aromatic N) is 1. The van der Waals surface area contributed by atoms with Crippen LogP contribution in [-0.2, 0) is 16.0 Å². The third-order valence-electron chi connectivity index (χ3n) is 4.10. The molecule has 1 heterocycles. The Morgan fingerprint density at radius 2 is 2.14 bits per heavy atom. The van der Waals surface area contributed by atoms with E-state index in [-0.39, 0.29) is 17.9 Å². The van der Waals surface area contributed by atoms with Crippen molar-refractivity contribution in [2.24, 2.45) is 0 Å². The van der Waals surface area contributed by atoms with Gasteiger partial charge in [-0.25, -0.2) is 0 Å². The number of hydrogen-bond acceptors (Lipinski definition) is 3. The van der Waals surface area contributed by atoms with E-state index < -0.39 is 6.04 Å². The molecule has 1 aliphatic heterocycles. The normalized spacial score (nSPS) is 18.9. The van der Waals surface area contributed by atoms with Gasteiger partial charge in [-0.3, -0.25) is 9.59 Å². The molecule has 0 radical (unpaired) electrons. The molecule has 5 heteroatoms. The Bertz CT molecular complexity index is 544. The smallest absolute Gasteiger partial charge is 0.245 e. The van der Waals surface area contributed by atoms with E-state index in [1.54, 1.807) is 14.0 Å². The number of likely N-dealkylation sites (tertiary alicyclic amines) is 1. The van der Waals surface area contributed by atoms with E-state index in [0.29, 0.717) is 0 Å². The third-order valence-corrected chi connectivity index (χ3v) is 4.10. The van der Waals surface area contributed by atoms with Crippen molar-refractivity contribution in [3.05, 3.63) is 29.8 Å². The maximum absolute atomic E-state index is 12.5. The summed E-state index contributed by atoms with van der Waals surface area (Å²) in [6, 6.07) is 7.60. The van der Waals surface area contributed by atoms with Gasteiger partial charge < -0.3 is 15.0 Å². The van der Waals surface area contributed by atoms with Crippen LogP contribution in [0.4, 0.5) is 0 Å². The van der Waals surface area contributed by atoms with Crippen molar-refractivity contribution in [3.8, 4) is 5.75 Å². The summed E-state index contributed by atoms with van der Waals surface area (Å²) < 4.78 is 5.39. The van der Waals surface area contributed by atoms with Crippen molar-refractivity contribution in [1.29, 1.82) is 0 Å². The van der Waals surface area contributed by atoms with Gasteiger partial charge in [-0.2, -0.15) is 0 Å². The average Bonchev–Trinajstić information content (AvgIpc) is 2.94. The summed E-state index contributed by atoms with van der Waals surface area (Å²) in [4.78, 5) is 25.5. The van der Waals surface area contributed by atoms with Gasteiger partial charge in [-0.05, 0) is 37.8 Å². The summed E-state index contributed by atoms with van der Waals surface area (Å²) in [7, 11) is 1.66. The number of para-hydroxylation sites is 1. The molecule has 1 saturated heterocycles. The van der Waals surface area contributed by atoms with Gasteiger partial charge in [0.1, 0.15) is 11.8 Å². The van der Waals surface area contributed by atoms with E-state index in [4.69, 9.17) is 4.74 Å². The lowest BCUT2D eigenvalue weighted by atomic mass is 10.0. The van der Waals surface area contributed by atoms with E-state index >= 15 is 0 Å². The van der Waals surface area contributed by atoms with E-state index in [2.05, 4.69) is 5.32 Å². The number of amides is 2. The third kappa shape index (κ3) is 3.78. The quantitative estimate of drug-likeness (QED) is 0.901. The first-order chi connectivity index (χ1) is 10.5. The van der Waals surface area contributed by atoms with Gasteiger partial charge in [0.15, 0.2) is 0 Å². The SMILES string of the molecule is COc1ccccc1C[C@@H]1CCCN1C(=O)[C@@H](C)NC(C)=O. The van der Waals surface area contributed by atoms with Gasteiger partial charge >= 0.3 is 0 Å². The second-order valence-corrected chi connectivity index (χ2v) is 5.77. The fourth-order valence-corrected chi connectivity index (χ4v) is 3.08. The van der Waals surface area contributed by atoms with Gasteiger partial charge in [0.2, 0.25) is 11.8 Å². The molecule has 22 heavy (non-hydrogen) atoms. The predicted molar refractivity (Wildman–Crippen MR) is 84.7 cm³/mol. The Kier molecular flexibility index (Phi) is 5.41. The zero-order chi connectivity index (χ0) is 16.1. The first kappa shape index (κ1) is 16.3. The van der Waals surface area contributed by atoms with Gasteiger partial charge in [0.25, 0.3) is 0 Å². The molecule has 2 rings (SSSR count). The Labute approximate surface area is 131 Å². The molecule has 1 aromatic carbocycles. The largest absolute Gasteiger partial charge is 0.496 e. The molecule has 120 valence electrons. The van der Waals surface area contributed by atoms with Crippen LogP contribution < -0.4 is 10.1 Å². The molecule has 0 unspecified atom stereocenters. The second-order valence-electron chi connectivity index (χ2n) is 5.77. The lowest BCUT2D eigenvalue weighted by Crippen LogP contribution is -2.48. The van der Waals surface area contributed by atoms with Crippen molar-refractivity contribution in [2.45, 2.75) is 45.2 Å². The maximum Gasteiger partial charge on any atom is 0.245 e. The zero-order valence-corrected chi connectivity index (χ0v) is 13.5. The summed E-state index contributed by atoms with van der Waals surface area (Å²) in [5.74, 6) is 0.672. The highest BCUT2D eigenvalue weighted by atomic mass is 16.5. The summed E-state index contributed by atoms with van der Waals surface area (Å²) >= 11 is 0. The topological polar surface area (TPSA) is 58.6 Å². The average molecular weight is 304 g/mol. The van der Waals surface area contributed by atoms with Crippen LogP contribution in [0, 0.1) is 0 Å². The molecule has 2 atom stereocenters. The number of hydrogen-bond donors (Lipinski definition) is 1. The molecule has 0 aliphatic carbocycles. The number of rotatable bonds is 5. The summed E-state index contributed by atoms with van der Waals surface area (Å²) in [6.45, 7) is 3.92. The summed E-state index contributed by atoms with van der Waals surface area (Å²) in [6.07, 6.45) is 2.76. The Morgan fingerprint density at radius 3 is 2.82 bits per heavy atom. The van der Waals surface area contributed by atoms with Crippen LogP contribution in [0.5, 0.6) is 5.75 Å². The number of ether oxygens (including phenoxy) is 1. The fraction of sp³-hybridized carbons (Fsp3) is 0.529. The molecular formula is C17H24N2O3. The number of carbonyl (C=O) groups is 2. The summed E-state index contributed by atoms with van der Waals surface area (Å²) in [5, 5.41) is 2.67. The highest BCUT2D eigenvalue weighted by Crippen LogP contribution is 2.26. The number of methoxy groups -OCH3 is 1. The van der Waals surface area contributed by atoms with E-state index in [1.165, 1.54) is 6.92 Å². The first-order valence-corrected chi connectivity index (χ1v) is 7.72. The van der Waals surface area contributed by atoms with Crippen LogP contribution in [-0.4, -0.2) is 42.5 Å². The Balaban J connectivity index is 2.07. The van der Waals surface area contributed by atoms with Crippen molar-refractivity contribution in [1.82, 2.24) is 10.2 Å². The fourth-order valence-electron chi connectivity index (χ4n) is 3.08. The molecule has 1 aliphatic rings. The standard InChI is InChI=1S/C17H24N2O3/c1-12(18-13(2)20)17(21)19-10-6-8-15(19)11-14-7-4-5-9-16(14)22-3/h4-5,7,9,12,15H,6,8,10-11H2,1-3H3,(H,18,20)/t12-,15+/m1/s1. The van der Waals surface area contributed by atoms with Crippen LogP contribution in [0.1, 0.15) is 32.3 Å². The minimum Gasteiger partial charge on any atom is -0.496 e. The van der Waals surface area contributed by atoms with Crippen molar-refractivity contribution >= 4 is 11.8 Å². The van der Waals surface area contributed by atoms with Gasteiger partial charge in [-0.15, -0.1) is 0 Å². The predicted octanol–water partition coefficient (Wildman–Crippen LogP) is 1.75. The lowest BCUT2D eigenvalue weighted by Gasteiger charge is -2.28. The van der Waals surface area contributed by atoms with Crippen molar-refractivity contribution in [3.63, 3.8) is 0 Å². The van der Waals surface area contributed by atoms with Gasteiger partial charge in [0.05, 0.1) is 7.11 Å². The lowest BCUT2D eigenvalue weighted by molar-refractivity contribution is -0.136.